The van der Waals surface area contributed by atoms with Crippen molar-refractivity contribution >= 4 is 31.6 Å². The number of ether oxygens (including phenoxy) is 2. The molecule has 7 heteroatoms. The average Bonchev–Trinajstić information content (AvgIpc) is 2.32. The van der Waals surface area contributed by atoms with Gasteiger partial charge < -0.3 is 9.47 Å². The maximum atomic E-state index is 11.4. The fourth-order valence-electron chi connectivity index (χ4n) is 1.17. The van der Waals surface area contributed by atoms with Crippen molar-refractivity contribution in [1.29, 1.82) is 0 Å². The lowest BCUT2D eigenvalue weighted by molar-refractivity contribution is 0.146. The van der Waals surface area contributed by atoms with Gasteiger partial charge in [-0.15, -0.1) is 0 Å². The van der Waals surface area contributed by atoms with Gasteiger partial charge in [0.2, 0.25) is 10.0 Å². The van der Waals surface area contributed by atoms with Crippen LogP contribution in [0.1, 0.15) is 6.92 Å². The summed E-state index contributed by atoms with van der Waals surface area (Å²) in [7, 11) is -1.66. The van der Waals surface area contributed by atoms with Crippen LogP contribution in [0.4, 0.5) is 5.69 Å². The van der Waals surface area contributed by atoms with E-state index in [1.54, 1.807) is 32.2 Å². The third-order valence-electron chi connectivity index (χ3n) is 2.13. The van der Waals surface area contributed by atoms with E-state index in [4.69, 9.17) is 9.47 Å². The first-order valence-corrected chi connectivity index (χ1v) is 7.85. The fourth-order valence-corrected chi connectivity index (χ4v) is 2.29. The molecule has 0 heterocycles. The zero-order valence-corrected chi connectivity index (χ0v) is 12.7. The molecule has 0 radical (unpaired) electrons. The van der Waals surface area contributed by atoms with Crippen molar-refractivity contribution in [2.24, 2.45) is 0 Å². The quantitative estimate of drug-likeness (QED) is 0.775. The summed E-state index contributed by atoms with van der Waals surface area (Å²) in [6, 6.07) is 5.02. The molecule has 0 unspecified atom stereocenters. The zero-order chi connectivity index (χ0) is 13.6. The molecule has 0 aliphatic heterocycles. The SMILES string of the molecule is CCS(=O)(=O)Nc1ccc(OCCOC)c(Br)c1. The van der Waals surface area contributed by atoms with Crippen LogP contribution in [0, 0.1) is 0 Å². The molecule has 0 saturated carbocycles. The summed E-state index contributed by atoms with van der Waals surface area (Å²) < 4.78 is 36.3. The smallest absolute Gasteiger partial charge is 0.232 e. The van der Waals surface area contributed by atoms with Crippen molar-refractivity contribution in [1.82, 2.24) is 0 Å². The van der Waals surface area contributed by atoms with E-state index in [-0.39, 0.29) is 5.75 Å². The van der Waals surface area contributed by atoms with Crippen LogP contribution in [0.2, 0.25) is 0 Å². The van der Waals surface area contributed by atoms with Gasteiger partial charge in [0.1, 0.15) is 12.4 Å². The minimum atomic E-state index is -3.25. The van der Waals surface area contributed by atoms with Crippen molar-refractivity contribution in [3.8, 4) is 5.75 Å². The van der Waals surface area contributed by atoms with E-state index in [1.807, 2.05) is 0 Å². The molecule has 0 aromatic heterocycles. The van der Waals surface area contributed by atoms with E-state index in [1.165, 1.54) is 0 Å². The van der Waals surface area contributed by atoms with Gasteiger partial charge in [-0.3, -0.25) is 4.72 Å². The number of rotatable bonds is 7. The maximum Gasteiger partial charge on any atom is 0.232 e. The molecule has 0 aliphatic carbocycles. The largest absolute Gasteiger partial charge is 0.490 e. The van der Waals surface area contributed by atoms with Crippen molar-refractivity contribution in [2.75, 3.05) is 30.8 Å². The van der Waals surface area contributed by atoms with E-state index < -0.39 is 10.0 Å². The topological polar surface area (TPSA) is 64.6 Å². The number of sulfonamides is 1. The first-order valence-electron chi connectivity index (χ1n) is 5.40. The zero-order valence-electron chi connectivity index (χ0n) is 10.3. The Morgan fingerprint density at radius 3 is 2.61 bits per heavy atom. The summed E-state index contributed by atoms with van der Waals surface area (Å²) in [5.41, 5.74) is 0.503. The van der Waals surface area contributed by atoms with E-state index >= 15 is 0 Å². The van der Waals surface area contributed by atoms with E-state index in [9.17, 15) is 8.42 Å². The van der Waals surface area contributed by atoms with Gasteiger partial charge >= 0.3 is 0 Å². The number of hydrogen-bond acceptors (Lipinski definition) is 4. The molecule has 0 bridgehead atoms. The number of nitrogens with one attached hydrogen (secondary N) is 1. The van der Waals surface area contributed by atoms with E-state index in [2.05, 4.69) is 20.7 Å². The highest BCUT2D eigenvalue weighted by Gasteiger charge is 2.08. The van der Waals surface area contributed by atoms with Gasteiger partial charge in [-0.1, -0.05) is 0 Å². The fraction of sp³-hybridized carbons (Fsp3) is 0.455. The van der Waals surface area contributed by atoms with Gasteiger partial charge in [-0.2, -0.15) is 0 Å². The molecule has 1 N–H and O–H groups in total. The molecule has 0 amide bonds. The summed E-state index contributed by atoms with van der Waals surface area (Å²) in [4.78, 5) is 0. The molecular formula is C11H16BrNO4S. The van der Waals surface area contributed by atoms with Crippen molar-refractivity contribution in [2.45, 2.75) is 6.92 Å². The Morgan fingerprint density at radius 2 is 2.06 bits per heavy atom. The summed E-state index contributed by atoms with van der Waals surface area (Å²) in [5, 5.41) is 0. The predicted octanol–water partition coefficient (Wildman–Crippen LogP) is 2.24. The number of halogens is 1. The van der Waals surface area contributed by atoms with E-state index in [0.717, 1.165) is 0 Å². The summed E-state index contributed by atoms with van der Waals surface area (Å²) in [5.74, 6) is 0.683. The molecule has 0 saturated heterocycles. The summed E-state index contributed by atoms with van der Waals surface area (Å²) in [6.45, 7) is 2.52. The minimum absolute atomic E-state index is 0.0384. The van der Waals surface area contributed by atoms with Crippen LogP contribution in [0.15, 0.2) is 22.7 Å². The monoisotopic (exact) mass is 337 g/mol. The van der Waals surface area contributed by atoms with Crippen LogP contribution in [0.5, 0.6) is 5.75 Å². The first kappa shape index (κ1) is 15.3. The summed E-state index contributed by atoms with van der Waals surface area (Å²) >= 11 is 3.33. The van der Waals surface area contributed by atoms with Gasteiger partial charge in [0.15, 0.2) is 0 Å². The Bertz CT molecular complexity index is 490. The lowest BCUT2D eigenvalue weighted by Crippen LogP contribution is -2.14. The first-order chi connectivity index (χ1) is 8.48. The summed E-state index contributed by atoms with van der Waals surface area (Å²) in [6.07, 6.45) is 0. The van der Waals surface area contributed by atoms with Crippen LogP contribution in [0.3, 0.4) is 0 Å². The van der Waals surface area contributed by atoms with Gasteiger partial charge in [0.05, 0.1) is 16.8 Å². The van der Waals surface area contributed by atoms with E-state index in [0.29, 0.717) is 29.1 Å². The van der Waals surface area contributed by atoms with Crippen LogP contribution in [-0.4, -0.2) is 34.5 Å². The second-order valence-electron chi connectivity index (χ2n) is 3.49. The van der Waals surface area contributed by atoms with Crippen molar-refractivity contribution < 1.29 is 17.9 Å². The Labute approximate surface area is 116 Å². The Kier molecular flexibility index (Phi) is 5.90. The second kappa shape index (κ2) is 6.96. The van der Waals surface area contributed by atoms with Gasteiger partial charge in [-0.25, -0.2) is 8.42 Å². The van der Waals surface area contributed by atoms with Crippen molar-refractivity contribution in [3.05, 3.63) is 22.7 Å². The number of methoxy groups -OCH3 is 1. The lowest BCUT2D eigenvalue weighted by atomic mass is 10.3. The normalized spacial score (nSPS) is 11.3. The van der Waals surface area contributed by atoms with Gasteiger partial charge in [-0.05, 0) is 41.1 Å². The Hall–Kier alpha value is -0.790. The highest BCUT2D eigenvalue weighted by atomic mass is 79.9. The molecule has 0 spiro atoms. The molecule has 1 aromatic rings. The second-order valence-corrected chi connectivity index (χ2v) is 6.36. The Balaban J connectivity index is 2.73. The lowest BCUT2D eigenvalue weighted by Gasteiger charge is -2.10. The van der Waals surface area contributed by atoms with Crippen LogP contribution in [0.25, 0.3) is 0 Å². The van der Waals surface area contributed by atoms with Crippen LogP contribution < -0.4 is 9.46 Å². The standard InChI is InChI=1S/C11H16BrNO4S/c1-3-18(14,15)13-9-4-5-11(10(12)8-9)17-7-6-16-2/h4-5,8,13H,3,6-7H2,1-2H3. The van der Waals surface area contributed by atoms with Crippen LogP contribution in [-0.2, 0) is 14.8 Å². The number of hydrogen-bond donors (Lipinski definition) is 1. The van der Waals surface area contributed by atoms with Gasteiger partial charge in [0.25, 0.3) is 0 Å². The maximum absolute atomic E-state index is 11.4. The highest BCUT2D eigenvalue weighted by Crippen LogP contribution is 2.28. The number of benzene rings is 1. The van der Waals surface area contributed by atoms with Crippen LogP contribution >= 0.6 is 15.9 Å². The molecule has 0 aliphatic rings. The van der Waals surface area contributed by atoms with Gasteiger partial charge in [0, 0.05) is 12.8 Å². The van der Waals surface area contributed by atoms with Crippen molar-refractivity contribution in [3.63, 3.8) is 0 Å². The molecule has 102 valence electrons. The third kappa shape index (κ3) is 4.83. The molecule has 1 aromatic carbocycles. The highest BCUT2D eigenvalue weighted by molar-refractivity contribution is 9.10. The minimum Gasteiger partial charge on any atom is -0.490 e. The Morgan fingerprint density at radius 1 is 1.33 bits per heavy atom. The molecule has 0 atom stereocenters. The molecular weight excluding hydrogens is 322 g/mol. The average molecular weight is 338 g/mol. The molecule has 0 fully saturated rings. The third-order valence-corrected chi connectivity index (χ3v) is 4.06. The number of anilines is 1. The molecule has 1 rings (SSSR count). The molecule has 18 heavy (non-hydrogen) atoms. The predicted molar refractivity (Wildman–Crippen MR) is 74.6 cm³/mol. The molecule has 5 nitrogen and oxygen atoms in total.